The van der Waals surface area contributed by atoms with Gasteiger partial charge in [-0.3, -0.25) is 0 Å². The van der Waals surface area contributed by atoms with Gasteiger partial charge in [0.1, 0.15) is 22.2 Å². The Morgan fingerprint density at radius 3 is 2.89 bits per heavy atom. The SMILES string of the molecule is Cc1cccc(OCc2ncc(C(=O)O)s2)c1C. The summed E-state index contributed by atoms with van der Waals surface area (Å²) >= 11 is 1.13. The Kier molecular flexibility index (Phi) is 3.62. The van der Waals surface area contributed by atoms with Gasteiger partial charge >= 0.3 is 5.97 Å². The molecule has 0 saturated heterocycles. The van der Waals surface area contributed by atoms with Crippen LogP contribution in [0.2, 0.25) is 0 Å². The molecular weight excluding hydrogens is 250 g/mol. The molecule has 0 aliphatic carbocycles. The average Bonchev–Trinajstić information content (AvgIpc) is 2.80. The molecule has 0 aliphatic heterocycles. The maximum absolute atomic E-state index is 10.7. The number of nitrogens with zero attached hydrogens (tertiary/aromatic N) is 1. The zero-order chi connectivity index (χ0) is 13.1. The molecule has 1 heterocycles. The van der Waals surface area contributed by atoms with E-state index in [1.54, 1.807) is 0 Å². The van der Waals surface area contributed by atoms with Crippen molar-refractivity contribution in [3.63, 3.8) is 0 Å². The summed E-state index contributed by atoms with van der Waals surface area (Å²) in [5.41, 5.74) is 2.25. The van der Waals surface area contributed by atoms with Crippen LogP contribution in [0.3, 0.4) is 0 Å². The first-order valence-electron chi connectivity index (χ1n) is 5.45. The zero-order valence-electron chi connectivity index (χ0n) is 10.1. The summed E-state index contributed by atoms with van der Waals surface area (Å²) in [5.74, 6) is -0.146. The Morgan fingerprint density at radius 2 is 2.22 bits per heavy atom. The van der Waals surface area contributed by atoms with Crippen molar-refractivity contribution in [2.24, 2.45) is 0 Å². The van der Waals surface area contributed by atoms with E-state index in [0.29, 0.717) is 11.6 Å². The van der Waals surface area contributed by atoms with Crippen LogP contribution in [-0.4, -0.2) is 16.1 Å². The van der Waals surface area contributed by atoms with Crippen molar-refractivity contribution in [2.45, 2.75) is 20.5 Å². The third kappa shape index (κ3) is 2.68. The highest BCUT2D eigenvalue weighted by molar-refractivity contribution is 7.13. The number of benzene rings is 1. The van der Waals surface area contributed by atoms with Gasteiger partial charge in [0.2, 0.25) is 0 Å². The number of hydrogen-bond acceptors (Lipinski definition) is 4. The quantitative estimate of drug-likeness (QED) is 0.921. The second-order valence-corrected chi connectivity index (χ2v) is 5.03. The largest absolute Gasteiger partial charge is 0.486 e. The van der Waals surface area contributed by atoms with Gasteiger partial charge in [0.25, 0.3) is 0 Å². The van der Waals surface area contributed by atoms with E-state index in [1.807, 2.05) is 32.0 Å². The molecule has 0 spiro atoms. The van der Waals surface area contributed by atoms with Crippen LogP contribution in [0.1, 0.15) is 25.8 Å². The number of aromatic carboxylic acids is 1. The number of hydrogen-bond donors (Lipinski definition) is 1. The van der Waals surface area contributed by atoms with E-state index < -0.39 is 5.97 Å². The number of carboxylic acids is 1. The highest BCUT2D eigenvalue weighted by atomic mass is 32.1. The summed E-state index contributed by atoms with van der Waals surface area (Å²) in [4.78, 5) is 15.0. The molecule has 0 saturated carbocycles. The summed E-state index contributed by atoms with van der Waals surface area (Å²) in [6.07, 6.45) is 1.36. The van der Waals surface area contributed by atoms with E-state index >= 15 is 0 Å². The molecule has 0 unspecified atom stereocenters. The first-order chi connectivity index (χ1) is 8.58. The van der Waals surface area contributed by atoms with Crippen LogP contribution in [0.15, 0.2) is 24.4 Å². The van der Waals surface area contributed by atoms with Crippen LogP contribution in [0.4, 0.5) is 0 Å². The topological polar surface area (TPSA) is 59.4 Å². The normalized spacial score (nSPS) is 10.3. The molecule has 5 heteroatoms. The molecule has 2 rings (SSSR count). The molecule has 1 aromatic heterocycles. The lowest BCUT2D eigenvalue weighted by Gasteiger charge is -2.09. The van der Waals surface area contributed by atoms with Crippen LogP contribution < -0.4 is 4.74 Å². The first-order valence-corrected chi connectivity index (χ1v) is 6.26. The van der Waals surface area contributed by atoms with Gasteiger partial charge < -0.3 is 9.84 Å². The molecule has 0 amide bonds. The van der Waals surface area contributed by atoms with Gasteiger partial charge in [0.15, 0.2) is 0 Å². The number of rotatable bonds is 4. The summed E-state index contributed by atoms with van der Waals surface area (Å²) in [6, 6.07) is 5.85. The minimum absolute atomic E-state index is 0.231. The molecule has 18 heavy (non-hydrogen) atoms. The lowest BCUT2D eigenvalue weighted by atomic mass is 10.1. The number of carbonyl (C=O) groups is 1. The number of aromatic nitrogens is 1. The predicted octanol–water partition coefficient (Wildman–Crippen LogP) is 3.04. The van der Waals surface area contributed by atoms with Crippen LogP contribution in [0.5, 0.6) is 5.75 Å². The van der Waals surface area contributed by atoms with E-state index in [2.05, 4.69) is 4.98 Å². The van der Waals surface area contributed by atoms with Crippen molar-refractivity contribution in [2.75, 3.05) is 0 Å². The number of carboxylic acid groups (broad SMARTS) is 1. The van der Waals surface area contributed by atoms with Gasteiger partial charge in [0.05, 0.1) is 6.20 Å². The lowest BCUT2D eigenvalue weighted by Crippen LogP contribution is -1.97. The summed E-state index contributed by atoms with van der Waals surface area (Å²) in [5, 5.41) is 9.45. The van der Waals surface area contributed by atoms with Crippen LogP contribution in [0, 0.1) is 13.8 Å². The smallest absolute Gasteiger partial charge is 0.347 e. The molecule has 4 nitrogen and oxygen atoms in total. The van der Waals surface area contributed by atoms with Gasteiger partial charge in [-0.05, 0) is 31.0 Å². The lowest BCUT2D eigenvalue weighted by molar-refractivity contribution is 0.0702. The Morgan fingerprint density at radius 1 is 1.44 bits per heavy atom. The molecule has 0 atom stereocenters. The van der Waals surface area contributed by atoms with Crippen molar-refractivity contribution in [3.8, 4) is 5.75 Å². The Hall–Kier alpha value is -1.88. The fraction of sp³-hybridized carbons (Fsp3) is 0.231. The minimum atomic E-state index is -0.953. The summed E-state index contributed by atoms with van der Waals surface area (Å²) in [6.45, 7) is 4.31. The number of ether oxygens (including phenoxy) is 1. The molecule has 1 aromatic carbocycles. The van der Waals surface area contributed by atoms with Gasteiger partial charge in [-0.25, -0.2) is 9.78 Å². The van der Waals surface area contributed by atoms with Crippen LogP contribution >= 0.6 is 11.3 Å². The standard InChI is InChI=1S/C13H13NO3S/c1-8-4-3-5-10(9(8)2)17-7-12-14-6-11(18-12)13(15)16/h3-6H,7H2,1-2H3,(H,15,16). The Bertz CT molecular complexity index is 577. The summed E-state index contributed by atoms with van der Waals surface area (Å²) in [7, 11) is 0. The van der Waals surface area contributed by atoms with E-state index in [-0.39, 0.29) is 4.88 Å². The molecule has 94 valence electrons. The van der Waals surface area contributed by atoms with E-state index in [4.69, 9.17) is 9.84 Å². The van der Waals surface area contributed by atoms with Gasteiger partial charge in [-0.1, -0.05) is 12.1 Å². The fourth-order valence-corrected chi connectivity index (χ4v) is 2.17. The monoisotopic (exact) mass is 263 g/mol. The van der Waals surface area contributed by atoms with E-state index in [0.717, 1.165) is 28.2 Å². The highest BCUT2D eigenvalue weighted by Crippen LogP contribution is 2.22. The highest BCUT2D eigenvalue weighted by Gasteiger charge is 2.09. The first kappa shape index (κ1) is 12.6. The molecule has 0 fully saturated rings. The van der Waals surface area contributed by atoms with Crippen molar-refractivity contribution >= 4 is 17.3 Å². The van der Waals surface area contributed by atoms with Crippen LogP contribution in [-0.2, 0) is 6.61 Å². The number of thiazole rings is 1. The van der Waals surface area contributed by atoms with Gasteiger partial charge in [0, 0.05) is 0 Å². The van der Waals surface area contributed by atoms with Gasteiger partial charge in [-0.15, -0.1) is 11.3 Å². The second kappa shape index (κ2) is 5.18. The minimum Gasteiger partial charge on any atom is -0.486 e. The van der Waals surface area contributed by atoms with Crippen molar-refractivity contribution < 1.29 is 14.6 Å². The molecule has 1 N–H and O–H groups in total. The predicted molar refractivity (Wildman–Crippen MR) is 69.3 cm³/mol. The number of aryl methyl sites for hydroxylation is 1. The third-order valence-electron chi connectivity index (χ3n) is 2.67. The molecule has 0 radical (unpaired) electrons. The maximum atomic E-state index is 10.7. The maximum Gasteiger partial charge on any atom is 0.347 e. The second-order valence-electron chi connectivity index (χ2n) is 3.91. The Labute approximate surface area is 109 Å². The Balaban J connectivity index is 2.07. The van der Waals surface area contributed by atoms with Crippen molar-refractivity contribution in [1.29, 1.82) is 0 Å². The summed E-state index contributed by atoms with van der Waals surface area (Å²) < 4.78 is 5.65. The van der Waals surface area contributed by atoms with E-state index in [1.165, 1.54) is 6.20 Å². The van der Waals surface area contributed by atoms with E-state index in [9.17, 15) is 4.79 Å². The fourth-order valence-electron chi connectivity index (χ4n) is 1.50. The van der Waals surface area contributed by atoms with Crippen molar-refractivity contribution in [1.82, 2.24) is 4.98 Å². The molecule has 0 bridgehead atoms. The third-order valence-corrected chi connectivity index (χ3v) is 3.63. The average molecular weight is 263 g/mol. The molecular formula is C13H13NO3S. The van der Waals surface area contributed by atoms with Gasteiger partial charge in [-0.2, -0.15) is 0 Å². The van der Waals surface area contributed by atoms with Crippen LogP contribution in [0.25, 0.3) is 0 Å². The van der Waals surface area contributed by atoms with Crippen molar-refractivity contribution in [3.05, 3.63) is 45.4 Å². The molecule has 0 aliphatic rings. The molecule has 2 aromatic rings. The zero-order valence-corrected chi connectivity index (χ0v) is 11.0.